The number of anilines is 1. The minimum Gasteiger partial charge on any atom is -0.494 e. The normalized spacial score (nSPS) is 14.4. The first-order valence-corrected chi connectivity index (χ1v) is 18.9. The predicted molar refractivity (Wildman–Crippen MR) is 186 cm³/mol. The fourth-order valence-corrected chi connectivity index (χ4v) is 7.94. The standard InChI is InChI=1S/C34H41Cl2N3O5S2/c1-4-32(34(41)37-24-10-7-6-8-11-24)38(22-29-30(35)12-9-13-31(29)36)33(40)23-39(25-14-16-26(17-15-25)44-5-2)46(42,43)28-20-18-27(45-3)19-21-28/h9,12-21,24,32H,4-8,10-11,22-23H2,1-3H3,(H,37,41)/t32-/m0/s1. The first-order chi connectivity index (χ1) is 22.1. The van der Waals surface area contributed by atoms with Gasteiger partial charge in [-0.25, -0.2) is 8.42 Å². The Balaban J connectivity index is 1.74. The summed E-state index contributed by atoms with van der Waals surface area (Å²) in [6, 6.07) is 17.2. The fraction of sp³-hybridized carbons (Fsp3) is 0.412. The van der Waals surface area contributed by atoms with Crippen molar-refractivity contribution >= 4 is 62.5 Å². The smallest absolute Gasteiger partial charge is 0.264 e. The number of rotatable bonds is 14. The van der Waals surface area contributed by atoms with Crippen LogP contribution in [0.4, 0.5) is 5.69 Å². The Morgan fingerprint density at radius 1 is 0.957 bits per heavy atom. The summed E-state index contributed by atoms with van der Waals surface area (Å²) >= 11 is 14.6. The van der Waals surface area contributed by atoms with Gasteiger partial charge >= 0.3 is 0 Å². The molecule has 1 fully saturated rings. The van der Waals surface area contributed by atoms with Crippen molar-refractivity contribution in [1.29, 1.82) is 0 Å². The van der Waals surface area contributed by atoms with Crippen LogP contribution >= 0.6 is 35.0 Å². The third-order valence-electron chi connectivity index (χ3n) is 8.09. The summed E-state index contributed by atoms with van der Waals surface area (Å²) < 4.78 is 35.0. The molecule has 248 valence electrons. The van der Waals surface area contributed by atoms with Crippen molar-refractivity contribution in [1.82, 2.24) is 10.2 Å². The number of carbonyl (C=O) groups excluding carboxylic acids is 2. The van der Waals surface area contributed by atoms with Gasteiger partial charge in [-0.1, -0.05) is 55.5 Å². The first kappa shape index (κ1) is 35.9. The lowest BCUT2D eigenvalue weighted by Crippen LogP contribution is -2.54. The number of ether oxygens (including phenoxy) is 1. The van der Waals surface area contributed by atoms with E-state index in [9.17, 15) is 18.0 Å². The van der Waals surface area contributed by atoms with Gasteiger partial charge in [0.2, 0.25) is 11.8 Å². The largest absolute Gasteiger partial charge is 0.494 e. The maximum absolute atomic E-state index is 14.4. The molecule has 0 unspecified atom stereocenters. The zero-order chi connectivity index (χ0) is 33.3. The van der Waals surface area contributed by atoms with Crippen molar-refractivity contribution in [2.75, 3.05) is 23.7 Å². The van der Waals surface area contributed by atoms with Crippen molar-refractivity contribution in [3.05, 3.63) is 82.3 Å². The molecule has 3 aromatic carbocycles. The Bertz CT molecular complexity index is 1560. The van der Waals surface area contributed by atoms with Crippen LogP contribution in [0.15, 0.2) is 76.5 Å². The topological polar surface area (TPSA) is 96.0 Å². The van der Waals surface area contributed by atoms with Crippen molar-refractivity contribution in [2.24, 2.45) is 0 Å². The maximum atomic E-state index is 14.4. The van der Waals surface area contributed by atoms with Crippen LogP contribution in [0.2, 0.25) is 10.0 Å². The highest BCUT2D eigenvalue weighted by Gasteiger charge is 2.35. The number of carbonyl (C=O) groups is 2. The van der Waals surface area contributed by atoms with E-state index in [-0.39, 0.29) is 29.1 Å². The van der Waals surface area contributed by atoms with Crippen molar-refractivity contribution < 1.29 is 22.7 Å². The van der Waals surface area contributed by atoms with Crippen LogP contribution in [-0.4, -0.2) is 56.6 Å². The van der Waals surface area contributed by atoms with E-state index in [2.05, 4.69) is 5.32 Å². The summed E-state index contributed by atoms with van der Waals surface area (Å²) in [5, 5.41) is 3.83. The van der Waals surface area contributed by atoms with Gasteiger partial charge in [0.25, 0.3) is 10.0 Å². The van der Waals surface area contributed by atoms with Crippen molar-refractivity contribution in [3.8, 4) is 5.75 Å². The second-order valence-electron chi connectivity index (χ2n) is 11.1. The minimum absolute atomic E-state index is 0.0288. The first-order valence-electron chi connectivity index (χ1n) is 15.5. The maximum Gasteiger partial charge on any atom is 0.264 e. The molecular weight excluding hydrogens is 665 g/mol. The molecule has 0 aliphatic heterocycles. The van der Waals surface area contributed by atoms with E-state index in [0.717, 1.165) is 41.3 Å². The van der Waals surface area contributed by atoms with E-state index in [4.69, 9.17) is 27.9 Å². The molecule has 0 saturated heterocycles. The van der Waals surface area contributed by atoms with E-state index in [0.29, 0.717) is 34.4 Å². The molecule has 1 N–H and O–H groups in total. The van der Waals surface area contributed by atoms with Gasteiger partial charge in [0.15, 0.2) is 0 Å². The molecule has 1 saturated carbocycles. The molecule has 0 spiro atoms. The zero-order valence-electron chi connectivity index (χ0n) is 26.4. The average Bonchev–Trinajstić information content (AvgIpc) is 3.05. The van der Waals surface area contributed by atoms with Gasteiger partial charge in [0, 0.05) is 33.1 Å². The molecular formula is C34H41Cl2N3O5S2. The van der Waals surface area contributed by atoms with Crippen LogP contribution in [0.1, 0.15) is 57.9 Å². The Kier molecular flexibility index (Phi) is 13.1. The van der Waals surface area contributed by atoms with Gasteiger partial charge in [-0.3, -0.25) is 13.9 Å². The van der Waals surface area contributed by atoms with Crippen LogP contribution in [-0.2, 0) is 26.2 Å². The Labute approximate surface area is 286 Å². The summed E-state index contributed by atoms with van der Waals surface area (Å²) in [7, 11) is -4.21. The number of amides is 2. The summed E-state index contributed by atoms with van der Waals surface area (Å²) in [4.78, 5) is 30.5. The number of hydrogen-bond donors (Lipinski definition) is 1. The second-order valence-corrected chi connectivity index (χ2v) is 14.7. The third kappa shape index (κ3) is 8.91. The highest BCUT2D eigenvalue weighted by molar-refractivity contribution is 7.98. The van der Waals surface area contributed by atoms with Gasteiger partial charge in [-0.2, -0.15) is 0 Å². The molecule has 0 aromatic heterocycles. The number of thioether (sulfide) groups is 1. The van der Waals surface area contributed by atoms with E-state index >= 15 is 0 Å². The molecule has 12 heteroatoms. The minimum atomic E-state index is -4.21. The molecule has 0 radical (unpaired) electrons. The number of hydrogen-bond acceptors (Lipinski definition) is 6. The molecule has 4 rings (SSSR count). The van der Waals surface area contributed by atoms with E-state index < -0.39 is 28.5 Å². The van der Waals surface area contributed by atoms with Crippen LogP contribution in [0.25, 0.3) is 0 Å². The molecule has 46 heavy (non-hydrogen) atoms. The van der Waals surface area contributed by atoms with E-state index in [1.807, 2.05) is 20.1 Å². The Hall–Kier alpha value is -2.92. The zero-order valence-corrected chi connectivity index (χ0v) is 29.5. The summed E-state index contributed by atoms with van der Waals surface area (Å²) in [5.41, 5.74) is 0.757. The molecule has 2 amide bonds. The fourth-order valence-electron chi connectivity index (χ4n) is 5.60. The van der Waals surface area contributed by atoms with Crippen LogP contribution < -0.4 is 14.4 Å². The summed E-state index contributed by atoms with van der Waals surface area (Å²) in [6.07, 6.45) is 7.17. The summed E-state index contributed by atoms with van der Waals surface area (Å²) in [6.45, 7) is 3.50. The molecule has 1 aliphatic rings. The lowest BCUT2D eigenvalue weighted by atomic mass is 9.95. The van der Waals surface area contributed by atoms with Gasteiger partial charge in [0.05, 0.1) is 17.2 Å². The summed E-state index contributed by atoms with van der Waals surface area (Å²) in [5.74, 6) is -0.284. The number of halogens is 2. The van der Waals surface area contributed by atoms with Crippen LogP contribution in [0, 0.1) is 0 Å². The van der Waals surface area contributed by atoms with Gasteiger partial charge in [-0.15, -0.1) is 11.8 Å². The molecule has 1 atom stereocenters. The Morgan fingerprint density at radius 3 is 2.15 bits per heavy atom. The number of nitrogens with zero attached hydrogens (tertiary/aromatic N) is 2. The van der Waals surface area contributed by atoms with Crippen LogP contribution in [0.3, 0.4) is 0 Å². The molecule has 0 bridgehead atoms. The van der Waals surface area contributed by atoms with Gasteiger partial charge in [0.1, 0.15) is 18.3 Å². The lowest BCUT2D eigenvalue weighted by molar-refractivity contribution is -0.140. The monoisotopic (exact) mass is 705 g/mol. The average molecular weight is 707 g/mol. The highest BCUT2D eigenvalue weighted by Crippen LogP contribution is 2.30. The molecule has 1 aliphatic carbocycles. The SMILES string of the molecule is CCOc1ccc(N(CC(=O)N(Cc2c(Cl)cccc2Cl)[C@@H](CC)C(=O)NC2CCCCC2)S(=O)(=O)c2ccc(SC)cc2)cc1. The van der Waals surface area contributed by atoms with E-state index in [1.165, 1.54) is 28.8 Å². The van der Waals surface area contributed by atoms with Crippen molar-refractivity contribution in [3.63, 3.8) is 0 Å². The number of benzene rings is 3. The van der Waals surface area contributed by atoms with Crippen molar-refractivity contribution in [2.45, 2.75) is 80.8 Å². The predicted octanol–water partition coefficient (Wildman–Crippen LogP) is 7.57. The molecule has 3 aromatic rings. The van der Waals surface area contributed by atoms with Gasteiger partial charge < -0.3 is 15.0 Å². The van der Waals surface area contributed by atoms with E-state index in [1.54, 1.807) is 54.6 Å². The number of nitrogens with one attached hydrogen (secondary N) is 1. The van der Waals surface area contributed by atoms with Gasteiger partial charge in [-0.05, 0) is 93.1 Å². The van der Waals surface area contributed by atoms with Crippen LogP contribution in [0.5, 0.6) is 5.75 Å². The third-order valence-corrected chi connectivity index (χ3v) is 11.3. The molecule has 8 nitrogen and oxygen atoms in total. The Morgan fingerprint density at radius 2 is 1.59 bits per heavy atom. The number of sulfonamides is 1. The second kappa shape index (κ2) is 16.8. The quantitative estimate of drug-likeness (QED) is 0.174. The lowest BCUT2D eigenvalue weighted by Gasteiger charge is -2.34. The molecule has 0 heterocycles. The highest BCUT2D eigenvalue weighted by atomic mass is 35.5.